The molecule has 0 spiro atoms. The molecule has 5 rings (SSSR count). The van der Waals surface area contributed by atoms with E-state index in [1.807, 2.05) is 62.3 Å². The van der Waals surface area contributed by atoms with Crippen LogP contribution in [0.3, 0.4) is 0 Å². The van der Waals surface area contributed by atoms with Crippen molar-refractivity contribution in [2.75, 3.05) is 26.2 Å². The van der Waals surface area contributed by atoms with Crippen LogP contribution in [-0.2, 0) is 17.6 Å². The van der Waals surface area contributed by atoms with E-state index in [4.69, 9.17) is 9.72 Å². The summed E-state index contributed by atoms with van der Waals surface area (Å²) < 4.78 is 7.84. The Balaban J connectivity index is 1.45. The first-order chi connectivity index (χ1) is 19.1. The van der Waals surface area contributed by atoms with Crippen molar-refractivity contribution in [3.63, 3.8) is 0 Å². The molecule has 1 atom stereocenters. The van der Waals surface area contributed by atoms with Crippen LogP contribution in [0.1, 0.15) is 62.3 Å². The second kappa shape index (κ2) is 11.5. The van der Waals surface area contributed by atoms with E-state index in [2.05, 4.69) is 48.0 Å². The summed E-state index contributed by atoms with van der Waals surface area (Å²) in [5.41, 5.74) is 4.42. The summed E-state index contributed by atoms with van der Waals surface area (Å²) in [7, 11) is 0. The molecule has 1 aliphatic heterocycles. The van der Waals surface area contributed by atoms with Gasteiger partial charge in [0.2, 0.25) is 0 Å². The van der Waals surface area contributed by atoms with Gasteiger partial charge in [0.25, 0.3) is 5.91 Å². The Kier molecular flexibility index (Phi) is 7.99. The molecule has 1 N–H and O–H groups in total. The van der Waals surface area contributed by atoms with E-state index in [1.54, 1.807) is 4.90 Å². The third-order valence-corrected chi connectivity index (χ3v) is 7.62. The molecule has 0 unspecified atom stereocenters. The molecule has 1 fully saturated rings. The van der Waals surface area contributed by atoms with Gasteiger partial charge in [-0.3, -0.25) is 4.79 Å². The number of amides is 2. The standard InChI is InChI=1S/C32H41N5O3/c1-22(2)33-19-27-20-35(31(39)40-32(3,4)5)15-16-36(27)30(38)28-29(23-11-7-6-8-12-23)37(21-34-28)26-17-24-13-9-10-14-25(24)18-26/h6-14,21-22,26-27,33H,15-20H2,1-5H3/t27-/m1/s1. The number of hydrogen-bond donors (Lipinski definition) is 1. The number of carbonyl (C=O) groups is 2. The average Bonchev–Trinajstić information content (AvgIpc) is 3.55. The molecule has 0 saturated carbocycles. The van der Waals surface area contributed by atoms with Gasteiger partial charge < -0.3 is 24.4 Å². The topological polar surface area (TPSA) is 79.7 Å². The number of imidazole rings is 1. The Hall–Kier alpha value is -3.65. The highest BCUT2D eigenvalue weighted by Crippen LogP contribution is 2.35. The first-order valence-electron chi connectivity index (χ1n) is 14.3. The number of nitrogens with one attached hydrogen (secondary N) is 1. The van der Waals surface area contributed by atoms with Crippen molar-refractivity contribution >= 4 is 12.0 Å². The zero-order chi connectivity index (χ0) is 28.4. The fourth-order valence-corrected chi connectivity index (χ4v) is 5.71. The monoisotopic (exact) mass is 543 g/mol. The van der Waals surface area contributed by atoms with Crippen molar-refractivity contribution in [1.29, 1.82) is 0 Å². The summed E-state index contributed by atoms with van der Waals surface area (Å²) in [4.78, 5) is 35.5. The van der Waals surface area contributed by atoms with Crippen LogP contribution in [0.5, 0.6) is 0 Å². The average molecular weight is 544 g/mol. The lowest BCUT2D eigenvalue weighted by Crippen LogP contribution is -2.60. The molecule has 8 nitrogen and oxygen atoms in total. The highest BCUT2D eigenvalue weighted by atomic mass is 16.6. The van der Waals surface area contributed by atoms with Gasteiger partial charge in [0, 0.05) is 43.8 Å². The number of aromatic nitrogens is 2. The minimum atomic E-state index is -0.576. The van der Waals surface area contributed by atoms with Gasteiger partial charge in [-0.25, -0.2) is 9.78 Å². The van der Waals surface area contributed by atoms with Crippen LogP contribution in [0.4, 0.5) is 4.79 Å². The third kappa shape index (κ3) is 6.07. The number of piperazine rings is 1. The summed E-state index contributed by atoms with van der Waals surface area (Å²) in [6, 6.07) is 18.9. The van der Waals surface area contributed by atoms with Gasteiger partial charge in [0.15, 0.2) is 5.69 Å². The molecule has 3 aromatic rings. The van der Waals surface area contributed by atoms with Gasteiger partial charge >= 0.3 is 6.09 Å². The van der Waals surface area contributed by atoms with E-state index in [-0.39, 0.29) is 30.1 Å². The smallest absolute Gasteiger partial charge is 0.410 e. The molecule has 1 saturated heterocycles. The van der Waals surface area contributed by atoms with Crippen molar-refractivity contribution in [2.45, 2.75) is 71.2 Å². The molecule has 1 aliphatic carbocycles. The van der Waals surface area contributed by atoms with E-state index >= 15 is 0 Å². The van der Waals surface area contributed by atoms with Gasteiger partial charge in [0.05, 0.1) is 18.1 Å². The fraction of sp³-hybridized carbons (Fsp3) is 0.469. The summed E-state index contributed by atoms with van der Waals surface area (Å²) in [6.45, 7) is 11.6. The second-order valence-electron chi connectivity index (χ2n) is 12.2. The predicted molar refractivity (Wildman–Crippen MR) is 156 cm³/mol. The summed E-state index contributed by atoms with van der Waals surface area (Å²) in [6.07, 6.45) is 3.32. The Morgan fingerprint density at radius 1 is 1.00 bits per heavy atom. The molecule has 212 valence electrons. The van der Waals surface area contributed by atoms with Crippen LogP contribution >= 0.6 is 0 Å². The maximum atomic E-state index is 14.3. The van der Waals surface area contributed by atoms with Crippen LogP contribution in [0.25, 0.3) is 11.3 Å². The fourth-order valence-electron chi connectivity index (χ4n) is 5.71. The van der Waals surface area contributed by atoms with E-state index in [0.717, 1.165) is 24.1 Å². The van der Waals surface area contributed by atoms with Gasteiger partial charge in [-0.05, 0) is 44.7 Å². The highest BCUT2D eigenvalue weighted by Gasteiger charge is 2.37. The molecular formula is C32H41N5O3. The van der Waals surface area contributed by atoms with Crippen LogP contribution in [0.15, 0.2) is 60.9 Å². The molecular weight excluding hydrogens is 502 g/mol. The summed E-state index contributed by atoms with van der Waals surface area (Å²) >= 11 is 0. The van der Waals surface area contributed by atoms with Crippen molar-refractivity contribution < 1.29 is 14.3 Å². The van der Waals surface area contributed by atoms with Crippen molar-refractivity contribution in [3.05, 3.63) is 77.7 Å². The molecule has 2 amide bonds. The van der Waals surface area contributed by atoms with Gasteiger partial charge in [-0.1, -0.05) is 68.4 Å². The van der Waals surface area contributed by atoms with Crippen LogP contribution in [-0.4, -0.2) is 75.2 Å². The first kappa shape index (κ1) is 27.9. The SMILES string of the molecule is CC(C)NC[C@@H]1CN(C(=O)OC(C)(C)C)CCN1C(=O)c1ncn(C2Cc3ccccc3C2)c1-c1ccccc1. The lowest BCUT2D eigenvalue weighted by molar-refractivity contribution is 0.00421. The Morgan fingerprint density at radius 2 is 1.65 bits per heavy atom. The van der Waals surface area contributed by atoms with Crippen LogP contribution in [0, 0.1) is 0 Å². The molecule has 2 aromatic carbocycles. The zero-order valence-electron chi connectivity index (χ0n) is 24.3. The highest BCUT2D eigenvalue weighted by molar-refractivity contribution is 5.98. The number of carbonyl (C=O) groups excluding carboxylic acids is 2. The number of ether oxygens (including phenoxy) is 1. The zero-order valence-corrected chi connectivity index (χ0v) is 24.3. The minimum absolute atomic E-state index is 0.104. The van der Waals surface area contributed by atoms with Gasteiger partial charge in [-0.2, -0.15) is 0 Å². The molecule has 0 radical (unpaired) electrons. The lowest BCUT2D eigenvalue weighted by Gasteiger charge is -2.42. The van der Waals surface area contributed by atoms with Crippen molar-refractivity contribution in [1.82, 2.24) is 24.7 Å². The predicted octanol–water partition coefficient (Wildman–Crippen LogP) is 4.95. The largest absolute Gasteiger partial charge is 0.444 e. The van der Waals surface area contributed by atoms with E-state index < -0.39 is 5.60 Å². The molecule has 8 heteroatoms. The maximum Gasteiger partial charge on any atom is 0.410 e. The molecule has 0 bridgehead atoms. The number of hydrogen-bond acceptors (Lipinski definition) is 5. The van der Waals surface area contributed by atoms with Crippen molar-refractivity contribution in [2.24, 2.45) is 0 Å². The number of rotatable bonds is 6. The number of nitrogens with zero attached hydrogens (tertiary/aromatic N) is 4. The Bertz CT molecular complexity index is 1320. The molecule has 1 aromatic heterocycles. The number of fused-ring (bicyclic) bond motifs is 1. The van der Waals surface area contributed by atoms with E-state index in [0.29, 0.717) is 31.9 Å². The van der Waals surface area contributed by atoms with Gasteiger partial charge in [0.1, 0.15) is 5.60 Å². The third-order valence-electron chi connectivity index (χ3n) is 7.62. The minimum Gasteiger partial charge on any atom is -0.444 e. The van der Waals surface area contributed by atoms with Crippen molar-refractivity contribution in [3.8, 4) is 11.3 Å². The quantitative estimate of drug-likeness (QED) is 0.476. The first-order valence-corrected chi connectivity index (χ1v) is 14.3. The number of benzene rings is 2. The summed E-state index contributed by atoms with van der Waals surface area (Å²) in [5.74, 6) is -0.104. The Morgan fingerprint density at radius 3 is 2.27 bits per heavy atom. The van der Waals surface area contributed by atoms with E-state index in [1.165, 1.54) is 11.1 Å². The molecule has 2 aliphatic rings. The second-order valence-corrected chi connectivity index (χ2v) is 12.2. The molecule has 2 heterocycles. The Labute approximate surface area is 237 Å². The van der Waals surface area contributed by atoms with E-state index in [9.17, 15) is 9.59 Å². The normalized spacial score (nSPS) is 17.8. The maximum absolute atomic E-state index is 14.3. The van der Waals surface area contributed by atoms with Crippen LogP contribution < -0.4 is 5.32 Å². The molecule has 40 heavy (non-hydrogen) atoms. The lowest BCUT2D eigenvalue weighted by atomic mass is 10.1. The van der Waals surface area contributed by atoms with Crippen LogP contribution in [0.2, 0.25) is 0 Å². The summed E-state index contributed by atoms with van der Waals surface area (Å²) in [5, 5.41) is 3.47. The van der Waals surface area contributed by atoms with Gasteiger partial charge in [-0.15, -0.1) is 0 Å².